The Kier molecular flexibility index (Phi) is 11.5. The van der Waals surface area contributed by atoms with Crippen LogP contribution >= 0.6 is 23.5 Å². The Morgan fingerprint density at radius 2 is 1.24 bits per heavy atom. The van der Waals surface area contributed by atoms with E-state index < -0.39 is 0 Å². The Bertz CT molecular complexity index is 930. The van der Waals surface area contributed by atoms with E-state index in [0.717, 1.165) is 38.5 Å². The summed E-state index contributed by atoms with van der Waals surface area (Å²) in [4.78, 5) is 26.8. The van der Waals surface area contributed by atoms with Gasteiger partial charge >= 0.3 is 11.9 Å². The van der Waals surface area contributed by atoms with Gasteiger partial charge in [-0.3, -0.25) is 9.59 Å². The molecule has 0 radical (unpaired) electrons. The van der Waals surface area contributed by atoms with E-state index in [0.29, 0.717) is 38.4 Å². The lowest BCUT2D eigenvalue weighted by atomic mass is 10.00. The Labute approximate surface area is 211 Å². The van der Waals surface area contributed by atoms with Crippen molar-refractivity contribution < 1.29 is 19.1 Å². The van der Waals surface area contributed by atoms with Gasteiger partial charge in [0.25, 0.3) is 0 Å². The summed E-state index contributed by atoms with van der Waals surface area (Å²) in [6.07, 6.45) is 6.80. The highest BCUT2D eigenvalue weighted by Crippen LogP contribution is 2.59. The Hall–Kier alpha value is -2.42. The van der Waals surface area contributed by atoms with E-state index >= 15 is 0 Å². The first-order valence-electron chi connectivity index (χ1n) is 11.9. The normalized spacial score (nSPS) is 13.9. The summed E-state index contributed by atoms with van der Waals surface area (Å²) in [6, 6.07) is 7.09. The Balaban J connectivity index is 2.38. The molecule has 2 unspecified atom stereocenters. The van der Waals surface area contributed by atoms with Crippen LogP contribution in [0.1, 0.15) is 79.1 Å². The molecule has 1 heterocycles. The molecule has 6 nitrogen and oxygen atoms in total. The van der Waals surface area contributed by atoms with Crippen molar-refractivity contribution in [3.05, 3.63) is 21.9 Å². The van der Waals surface area contributed by atoms with Crippen LogP contribution in [-0.4, -0.2) is 11.9 Å². The number of rotatable bonds is 12. The van der Waals surface area contributed by atoms with E-state index in [-0.39, 0.29) is 29.3 Å². The topological polar surface area (TPSA) is 100 Å². The second-order valence-electron chi connectivity index (χ2n) is 8.15. The van der Waals surface area contributed by atoms with Crippen molar-refractivity contribution in [3.63, 3.8) is 0 Å². The number of ether oxygens (including phenoxy) is 2. The summed E-state index contributed by atoms with van der Waals surface area (Å²) in [5.41, 5.74) is -0.0236. The molecule has 0 saturated carbocycles. The number of carbonyl (C=O) groups is 2. The summed E-state index contributed by atoms with van der Waals surface area (Å²) in [5.74, 6) is -0.264. The number of hydrogen-bond acceptors (Lipinski definition) is 8. The van der Waals surface area contributed by atoms with Crippen molar-refractivity contribution in [3.8, 4) is 23.6 Å². The summed E-state index contributed by atoms with van der Waals surface area (Å²) in [7, 11) is 0. The van der Waals surface area contributed by atoms with Gasteiger partial charge in [-0.15, -0.1) is 0 Å². The molecule has 0 fully saturated rings. The van der Waals surface area contributed by atoms with Crippen molar-refractivity contribution in [1.82, 2.24) is 0 Å². The summed E-state index contributed by atoms with van der Waals surface area (Å²) in [5, 5.41) is 18.7. The zero-order chi connectivity index (χ0) is 25.1. The van der Waals surface area contributed by atoms with Gasteiger partial charge in [0.2, 0.25) is 0 Å². The van der Waals surface area contributed by atoms with E-state index in [2.05, 4.69) is 13.8 Å². The SMILES string of the molecule is CCCCC(CC)C(=O)Oc1ccc(OC(=O)C(CC)CCCC)c2c1SC(=C(C#N)C#N)S2. The number of unbranched alkanes of at least 4 members (excludes halogenated alkanes) is 2. The molecule has 0 aliphatic carbocycles. The highest BCUT2D eigenvalue weighted by atomic mass is 32.2. The van der Waals surface area contributed by atoms with Crippen LogP contribution in [0.4, 0.5) is 0 Å². The Morgan fingerprint density at radius 1 is 0.824 bits per heavy atom. The number of nitrogens with zero attached hydrogens (tertiary/aromatic N) is 2. The lowest BCUT2D eigenvalue weighted by molar-refractivity contribution is -0.140. The second kappa shape index (κ2) is 14.1. The van der Waals surface area contributed by atoms with Crippen LogP contribution in [0.5, 0.6) is 11.5 Å². The quantitative estimate of drug-likeness (QED) is 0.166. The summed E-state index contributed by atoms with van der Waals surface area (Å²) >= 11 is 2.40. The number of allylic oxidation sites excluding steroid dienone is 1. The number of esters is 2. The van der Waals surface area contributed by atoms with Gasteiger partial charge < -0.3 is 9.47 Å². The van der Waals surface area contributed by atoms with E-state index in [1.807, 2.05) is 26.0 Å². The molecule has 1 aromatic rings. The fourth-order valence-corrected chi connectivity index (χ4v) is 6.05. The van der Waals surface area contributed by atoms with Gasteiger partial charge in [0, 0.05) is 0 Å². The van der Waals surface area contributed by atoms with Crippen LogP contribution in [0.15, 0.2) is 31.7 Å². The Morgan fingerprint density at radius 3 is 1.56 bits per heavy atom. The van der Waals surface area contributed by atoms with Crippen LogP contribution in [0, 0.1) is 34.5 Å². The average Bonchev–Trinajstić information content (AvgIpc) is 3.28. The molecule has 1 aromatic carbocycles. The number of hydrogen-bond donors (Lipinski definition) is 0. The van der Waals surface area contributed by atoms with Crippen molar-refractivity contribution in [2.75, 3.05) is 0 Å². The molecular weight excluding hydrogens is 468 g/mol. The first kappa shape index (κ1) is 27.8. The fourth-order valence-electron chi connectivity index (χ4n) is 3.57. The maximum Gasteiger partial charge on any atom is 0.314 e. The van der Waals surface area contributed by atoms with E-state index in [1.54, 1.807) is 12.1 Å². The van der Waals surface area contributed by atoms with Gasteiger partial charge in [0.1, 0.15) is 29.2 Å². The van der Waals surface area contributed by atoms with Gasteiger partial charge in [-0.05, 0) is 37.8 Å². The first-order chi connectivity index (χ1) is 16.4. The fraction of sp³-hybridized carbons (Fsp3) is 0.538. The van der Waals surface area contributed by atoms with Gasteiger partial charge in [-0.2, -0.15) is 10.5 Å². The van der Waals surface area contributed by atoms with Gasteiger partial charge in [0.15, 0.2) is 0 Å². The van der Waals surface area contributed by atoms with Crippen LogP contribution in [0.3, 0.4) is 0 Å². The number of benzene rings is 1. The minimum atomic E-state index is -0.294. The first-order valence-corrected chi connectivity index (χ1v) is 13.6. The third-order valence-corrected chi connectivity index (χ3v) is 8.37. The zero-order valence-electron chi connectivity index (χ0n) is 20.3. The number of thioether (sulfide) groups is 2. The van der Waals surface area contributed by atoms with Crippen molar-refractivity contribution in [1.29, 1.82) is 10.5 Å². The molecule has 0 saturated heterocycles. The molecule has 182 valence electrons. The minimum absolute atomic E-state index is 0.0236. The smallest absolute Gasteiger partial charge is 0.314 e. The third-order valence-electron chi connectivity index (χ3n) is 5.74. The molecular formula is C26H32N2O4S2. The maximum atomic E-state index is 12.8. The van der Waals surface area contributed by atoms with E-state index in [4.69, 9.17) is 9.47 Å². The molecule has 34 heavy (non-hydrogen) atoms. The molecule has 1 aliphatic heterocycles. The number of fused-ring (bicyclic) bond motifs is 1. The second-order valence-corrected chi connectivity index (χ2v) is 10.4. The van der Waals surface area contributed by atoms with E-state index in [1.165, 1.54) is 23.5 Å². The molecule has 0 N–H and O–H groups in total. The van der Waals surface area contributed by atoms with Gasteiger partial charge in [-0.1, -0.05) is 76.9 Å². The monoisotopic (exact) mass is 500 g/mol. The largest absolute Gasteiger partial charge is 0.425 e. The molecule has 0 bridgehead atoms. The molecule has 2 atom stereocenters. The van der Waals surface area contributed by atoms with E-state index in [9.17, 15) is 20.1 Å². The van der Waals surface area contributed by atoms with Crippen molar-refractivity contribution in [2.45, 2.75) is 88.9 Å². The zero-order valence-corrected chi connectivity index (χ0v) is 21.9. The van der Waals surface area contributed by atoms with Crippen LogP contribution in [0.2, 0.25) is 0 Å². The minimum Gasteiger partial charge on any atom is -0.425 e. The lowest BCUT2D eigenvalue weighted by Crippen LogP contribution is -2.21. The summed E-state index contributed by atoms with van der Waals surface area (Å²) < 4.78 is 12.0. The number of carbonyl (C=O) groups excluding carboxylic acids is 2. The molecule has 1 aliphatic rings. The highest BCUT2D eigenvalue weighted by molar-refractivity contribution is 8.24. The molecule has 2 rings (SSSR count). The van der Waals surface area contributed by atoms with Crippen molar-refractivity contribution in [2.24, 2.45) is 11.8 Å². The molecule has 0 amide bonds. The van der Waals surface area contributed by atoms with Gasteiger partial charge in [-0.25, -0.2) is 0 Å². The van der Waals surface area contributed by atoms with Crippen LogP contribution in [-0.2, 0) is 9.59 Å². The summed E-state index contributed by atoms with van der Waals surface area (Å²) in [6.45, 7) is 8.10. The lowest BCUT2D eigenvalue weighted by Gasteiger charge is -2.17. The highest BCUT2D eigenvalue weighted by Gasteiger charge is 2.31. The molecule has 8 heteroatoms. The van der Waals surface area contributed by atoms with Crippen molar-refractivity contribution >= 4 is 35.5 Å². The third kappa shape index (κ3) is 7.04. The molecule has 0 aromatic heterocycles. The molecule has 0 spiro atoms. The predicted molar refractivity (Wildman–Crippen MR) is 134 cm³/mol. The van der Waals surface area contributed by atoms with Gasteiger partial charge in [0.05, 0.1) is 25.9 Å². The average molecular weight is 501 g/mol. The maximum absolute atomic E-state index is 12.8. The van der Waals surface area contributed by atoms with Crippen LogP contribution < -0.4 is 9.47 Å². The standard InChI is InChI=1S/C26H32N2O4S2/c1-5-9-11-17(7-3)24(29)31-20-13-14-21(32-25(30)18(8-4)12-10-6-2)23-22(20)33-26(34-23)19(15-27)16-28/h13-14,17-18H,5-12H2,1-4H3. The van der Waals surface area contributed by atoms with Crippen LogP contribution in [0.25, 0.3) is 0 Å². The number of nitriles is 2. The predicted octanol–water partition coefficient (Wildman–Crippen LogP) is 7.39.